The Labute approximate surface area is 124 Å². The molecule has 0 bridgehead atoms. The van der Waals surface area contributed by atoms with Gasteiger partial charge >= 0.3 is 0 Å². The molecule has 0 aliphatic heterocycles. The van der Waals surface area contributed by atoms with Gasteiger partial charge in [0.15, 0.2) is 0 Å². The summed E-state index contributed by atoms with van der Waals surface area (Å²) in [6.45, 7) is 2.84. The molecule has 1 aliphatic rings. The van der Waals surface area contributed by atoms with Crippen molar-refractivity contribution in [3.8, 4) is 11.1 Å². The van der Waals surface area contributed by atoms with Crippen LogP contribution in [0.1, 0.15) is 22.4 Å². The van der Waals surface area contributed by atoms with Crippen LogP contribution < -0.4 is 5.32 Å². The molecule has 3 aromatic rings. The fraction of sp³-hybridized carbons (Fsp3) is 0.167. The molecule has 104 valence electrons. The molecule has 0 unspecified atom stereocenters. The number of aromatic nitrogens is 2. The number of H-pyrrole nitrogens is 1. The van der Waals surface area contributed by atoms with Gasteiger partial charge in [0.05, 0.1) is 6.20 Å². The predicted octanol–water partition coefficient (Wildman–Crippen LogP) is 3.90. The lowest BCUT2D eigenvalue weighted by molar-refractivity contribution is 1.04. The smallest absolute Gasteiger partial charge is 0.0539 e. The SMILES string of the molecule is Cc1[nH]ncc1CNc1ccc2c(c1)Cc1ccccc1-2. The summed E-state index contributed by atoms with van der Waals surface area (Å²) in [6.07, 6.45) is 2.91. The number of aromatic amines is 1. The average Bonchev–Trinajstić information content (AvgIpc) is 3.07. The first-order valence-electron chi connectivity index (χ1n) is 7.25. The van der Waals surface area contributed by atoms with Gasteiger partial charge in [0.2, 0.25) is 0 Å². The summed E-state index contributed by atoms with van der Waals surface area (Å²) in [5.74, 6) is 0. The average molecular weight is 275 g/mol. The molecule has 0 amide bonds. The molecule has 0 saturated carbocycles. The van der Waals surface area contributed by atoms with E-state index in [0.29, 0.717) is 0 Å². The highest BCUT2D eigenvalue weighted by Crippen LogP contribution is 2.37. The van der Waals surface area contributed by atoms with Crippen LogP contribution in [0.3, 0.4) is 0 Å². The second-order valence-corrected chi connectivity index (χ2v) is 5.58. The summed E-state index contributed by atoms with van der Waals surface area (Å²) in [6, 6.07) is 15.3. The molecule has 0 fully saturated rings. The topological polar surface area (TPSA) is 40.7 Å². The van der Waals surface area contributed by atoms with Gasteiger partial charge in [-0.3, -0.25) is 5.10 Å². The molecule has 1 aliphatic carbocycles. The van der Waals surface area contributed by atoms with Crippen molar-refractivity contribution in [3.63, 3.8) is 0 Å². The predicted molar refractivity (Wildman–Crippen MR) is 85.3 cm³/mol. The van der Waals surface area contributed by atoms with Crippen LogP contribution in [-0.4, -0.2) is 10.2 Å². The van der Waals surface area contributed by atoms with Crippen LogP contribution in [0.15, 0.2) is 48.7 Å². The Bertz CT molecular complexity index is 802. The molecule has 3 heteroatoms. The number of rotatable bonds is 3. The van der Waals surface area contributed by atoms with E-state index in [1.54, 1.807) is 0 Å². The first-order chi connectivity index (χ1) is 10.3. The Kier molecular flexibility index (Phi) is 2.78. The molecule has 0 saturated heterocycles. The summed E-state index contributed by atoms with van der Waals surface area (Å²) in [4.78, 5) is 0. The van der Waals surface area contributed by atoms with Gasteiger partial charge in [0.25, 0.3) is 0 Å². The number of anilines is 1. The van der Waals surface area contributed by atoms with E-state index >= 15 is 0 Å². The van der Waals surface area contributed by atoms with Gasteiger partial charge in [-0.05, 0) is 47.7 Å². The standard InChI is InChI=1S/C18H17N3/c1-12-15(11-20-21-12)10-19-16-6-7-18-14(9-16)8-13-4-2-3-5-17(13)18/h2-7,9,11,19H,8,10H2,1H3,(H,20,21). The molecular weight excluding hydrogens is 258 g/mol. The largest absolute Gasteiger partial charge is 0.381 e. The van der Waals surface area contributed by atoms with Crippen molar-refractivity contribution in [2.24, 2.45) is 0 Å². The Hall–Kier alpha value is -2.55. The van der Waals surface area contributed by atoms with E-state index in [0.717, 1.165) is 18.7 Å². The van der Waals surface area contributed by atoms with Gasteiger partial charge < -0.3 is 5.32 Å². The Balaban J connectivity index is 1.57. The Morgan fingerprint density at radius 2 is 1.95 bits per heavy atom. The fourth-order valence-corrected chi connectivity index (χ4v) is 3.01. The molecule has 0 radical (unpaired) electrons. The van der Waals surface area contributed by atoms with Crippen molar-refractivity contribution in [2.45, 2.75) is 19.9 Å². The van der Waals surface area contributed by atoms with E-state index in [4.69, 9.17) is 0 Å². The summed E-state index contributed by atoms with van der Waals surface area (Å²) in [5, 5.41) is 10.5. The van der Waals surface area contributed by atoms with Crippen molar-refractivity contribution in [1.82, 2.24) is 10.2 Å². The van der Waals surface area contributed by atoms with Gasteiger partial charge in [-0.2, -0.15) is 5.10 Å². The number of hydrogen-bond donors (Lipinski definition) is 2. The second kappa shape index (κ2) is 4.77. The molecule has 1 aromatic heterocycles. The number of benzene rings is 2. The number of fused-ring (bicyclic) bond motifs is 3. The van der Waals surface area contributed by atoms with Crippen molar-refractivity contribution in [2.75, 3.05) is 5.32 Å². The van der Waals surface area contributed by atoms with Crippen LogP contribution in [0, 0.1) is 6.92 Å². The van der Waals surface area contributed by atoms with Crippen molar-refractivity contribution in [1.29, 1.82) is 0 Å². The Morgan fingerprint density at radius 3 is 2.81 bits per heavy atom. The van der Waals surface area contributed by atoms with E-state index < -0.39 is 0 Å². The first-order valence-corrected chi connectivity index (χ1v) is 7.25. The zero-order valence-electron chi connectivity index (χ0n) is 12.0. The minimum Gasteiger partial charge on any atom is -0.381 e. The lowest BCUT2D eigenvalue weighted by atomic mass is 10.1. The molecule has 21 heavy (non-hydrogen) atoms. The van der Waals surface area contributed by atoms with Crippen molar-refractivity contribution in [3.05, 3.63) is 71.0 Å². The van der Waals surface area contributed by atoms with Crippen LogP contribution in [0.5, 0.6) is 0 Å². The van der Waals surface area contributed by atoms with Crippen LogP contribution in [0.2, 0.25) is 0 Å². The molecule has 2 N–H and O–H groups in total. The van der Waals surface area contributed by atoms with E-state index in [-0.39, 0.29) is 0 Å². The summed E-state index contributed by atoms with van der Waals surface area (Å²) in [5.41, 5.74) is 9.08. The van der Waals surface area contributed by atoms with E-state index in [9.17, 15) is 0 Å². The zero-order valence-corrected chi connectivity index (χ0v) is 12.0. The number of aryl methyl sites for hydroxylation is 1. The maximum Gasteiger partial charge on any atom is 0.0539 e. The normalized spacial score (nSPS) is 12.0. The molecule has 3 nitrogen and oxygen atoms in total. The van der Waals surface area contributed by atoms with Crippen LogP contribution in [0.25, 0.3) is 11.1 Å². The highest BCUT2D eigenvalue weighted by atomic mass is 15.1. The van der Waals surface area contributed by atoms with Gasteiger partial charge in [-0.25, -0.2) is 0 Å². The third-order valence-electron chi connectivity index (χ3n) is 4.21. The Morgan fingerprint density at radius 1 is 1.10 bits per heavy atom. The minimum atomic E-state index is 0.800. The van der Waals surface area contributed by atoms with Crippen molar-refractivity contribution < 1.29 is 0 Å². The van der Waals surface area contributed by atoms with E-state index in [1.807, 2.05) is 13.1 Å². The quantitative estimate of drug-likeness (QED) is 0.595. The zero-order chi connectivity index (χ0) is 14.2. The maximum atomic E-state index is 4.05. The van der Waals surface area contributed by atoms with Crippen LogP contribution in [0.4, 0.5) is 5.69 Å². The summed E-state index contributed by atoms with van der Waals surface area (Å²) >= 11 is 0. The molecule has 4 rings (SSSR count). The highest BCUT2D eigenvalue weighted by Gasteiger charge is 2.17. The molecule has 1 heterocycles. The monoisotopic (exact) mass is 275 g/mol. The number of nitrogens with one attached hydrogen (secondary N) is 2. The van der Waals surface area contributed by atoms with Gasteiger partial charge in [-0.15, -0.1) is 0 Å². The lowest BCUT2D eigenvalue weighted by Gasteiger charge is -2.08. The number of hydrogen-bond acceptors (Lipinski definition) is 2. The highest BCUT2D eigenvalue weighted by molar-refractivity contribution is 5.78. The molecule has 0 atom stereocenters. The summed E-state index contributed by atoms with van der Waals surface area (Å²) in [7, 11) is 0. The van der Waals surface area contributed by atoms with Gasteiger partial charge in [-0.1, -0.05) is 30.3 Å². The molecular formula is C18H17N3. The third-order valence-corrected chi connectivity index (χ3v) is 4.21. The fourth-order valence-electron chi connectivity index (χ4n) is 3.01. The van der Waals surface area contributed by atoms with Gasteiger partial charge in [0.1, 0.15) is 0 Å². The minimum absolute atomic E-state index is 0.800. The van der Waals surface area contributed by atoms with Gasteiger partial charge in [0, 0.05) is 23.5 Å². The van der Waals surface area contributed by atoms with Crippen LogP contribution in [-0.2, 0) is 13.0 Å². The molecule has 2 aromatic carbocycles. The van der Waals surface area contributed by atoms with E-state index in [1.165, 1.54) is 33.5 Å². The summed E-state index contributed by atoms with van der Waals surface area (Å²) < 4.78 is 0. The third kappa shape index (κ3) is 2.11. The maximum absolute atomic E-state index is 4.05. The first kappa shape index (κ1) is 12.2. The molecule has 0 spiro atoms. The number of nitrogens with zero attached hydrogens (tertiary/aromatic N) is 1. The van der Waals surface area contributed by atoms with Crippen LogP contribution >= 0.6 is 0 Å². The lowest BCUT2D eigenvalue weighted by Crippen LogP contribution is -2.00. The van der Waals surface area contributed by atoms with Crippen molar-refractivity contribution >= 4 is 5.69 Å². The second-order valence-electron chi connectivity index (χ2n) is 5.58. The van der Waals surface area contributed by atoms with E-state index in [2.05, 4.69) is 58.0 Å².